The van der Waals surface area contributed by atoms with Gasteiger partial charge in [0.25, 0.3) is 5.91 Å². The van der Waals surface area contributed by atoms with Crippen LogP contribution in [0.5, 0.6) is 0 Å². The van der Waals surface area contributed by atoms with Crippen LogP contribution in [0.3, 0.4) is 0 Å². The molecule has 0 spiro atoms. The Morgan fingerprint density at radius 1 is 1.43 bits per heavy atom. The highest BCUT2D eigenvalue weighted by Gasteiger charge is 2.39. The van der Waals surface area contributed by atoms with Crippen molar-refractivity contribution in [3.63, 3.8) is 0 Å². The fourth-order valence-corrected chi connectivity index (χ4v) is 3.52. The first kappa shape index (κ1) is 14.2. The van der Waals surface area contributed by atoms with Gasteiger partial charge in [0.15, 0.2) is 5.76 Å². The van der Waals surface area contributed by atoms with Crippen molar-refractivity contribution in [1.29, 1.82) is 0 Å². The maximum atomic E-state index is 12.7. The van der Waals surface area contributed by atoms with Gasteiger partial charge < -0.3 is 14.6 Å². The Kier molecular flexibility index (Phi) is 3.74. The lowest BCUT2D eigenvalue weighted by Crippen LogP contribution is -2.62. The van der Waals surface area contributed by atoms with Gasteiger partial charge in [0.1, 0.15) is 12.3 Å². The molecule has 1 aliphatic carbocycles. The van der Waals surface area contributed by atoms with E-state index in [1.54, 1.807) is 11.0 Å². The van der Waals surface area contributed by atoms with Crippen LogP contribution >= 0.6 is 0 Å². The van der Waals surface area contributed by atoms with E-state index >= 15 is 0 Å². The van der Waals surface area contributed by atoms with Crippen molar-refractivity contribution >= 4 is 11.8 Å². The zero-order valence-corrected chi connectivity index (χ0v) is 12.6. The molecule has 1 saturated heterocycles. The molecule has 2 atom stereocenters. The molecule has 0 unspecified atom stereocenters. The molecule has 1 N–H and O–H groups in total. The number of carbonyl (C=O) groups is 2. The number of nitrogens with zero attached hydrogens (tertiary/aromatic N) is 1. The number of aryl methyl sites for hydroxylation is 2. The van der Waals surface area contributed by atoms with Crippen molar-refractivity contribution in [3.05, 3.63) is 23.2 Å². The summed E-state index contributed by atoms with van der Waals surface area (Å²) in [6.45, 7) is 4.10. The van der Waals surface area contributed by atoms with Crippen molar-refractivity contribution in [3.8, 4) is 0 Å². The van der Waals surface area contributed by atoms with E-state index in [4.69, 9.17) is 4.42 Å². The van der Waals surface area contributed by atoms with Gasteiger partial charge in [-0.2, -0.15) is 0 Å². The minimum absolute atomic E-state index is 0.0644. The minimum Gasteiger partial charge on any atom is -0.456 e. The Balaban J connectivity index is 1.85. The fourth-order valence-electron chi connectivity index (χ4n) is 3.52. The predicted molar refractivity (Wildman–Crippen MR) is 78.0 cm³/mol. The predicted octanol–water partition coefficient (Wildman–Crippen LogP) is 2.03. The van der Waals surface area contributed by atoms with Gasteiger partial charge in [-0.25, -0.2) is 0 Å². The molecular weight excluding hydrogens is 268 g/mol. The van der Waals surface area contributed by atoms with Crippen LogP contribution in [-0.4, -0.2) is 35.3 Å². The number of furan rings is 1. The lowest BCUT2D eigenvalue weighted by Gasteiger charge is -2.43. The van der Waals surface area contributed by atoms with Gasteiger partial charge in [0.2, 0.25) is 5.91 Å². The number of rotatable bonds is 2. The molecule has 2 aliphatic rings. The summed E-state index contributed by atoms with van der Waals surface area (Å²) in [5.74, 6) is 0.999. The number of fused-ring (bicyclic) bond motifs is 1. The van der Waals surface area contributed by atoms with Gasteiger partial charge in [0, 0.05) is 12.5 Å². The topological polar surface area (TPSA) is 62.6 Å². The zero-order valence-electron chi connectivity index (χ0n) is 12.6. The Morgan fingerprint density at radius 3 is 2.90 bits per heavy atom. The summed E-state index contributed by atoms with van der Waals surface area (Å²) in [4.78, 5) is 26.3. The van der Waals surface area contributed by atoms with E-state index in [-0.39, 0.29) is 30.4 Å². The second kappa shape index (κ2) is 5.54. The van der Waals surface area contributed by atoms with Crippen molar-refractivity contribution in [2.45, 2.75) is 58.0 Å². The monoisotopic (exact) mass is 290 g/mol. The molecule has 0 aromatic carbocycles. The number of nitrogens with one attached hydrogen (secondary N) is 1. The highest BCUT2D eigenvalue weighted by Crippen LogP contribution is 2.28. The highest BCUT2D eigenvalue weighted by molar-refractivity contribution is 5.95. The van der Waals surface area contributed by atoms with Crippen LogP contribution in [-0.2, 0) is 11.2 Å². The van der Waals surface area contributed by atoms with Crippen LogP contribution in [0.4, 0.5) is 0 Å². The normalized spacial score (nSPS) is 25.4. The number of carbonyl (C=O) groups excluding carboxylic acids is 2. The number of hydrogen-bond acceptors (Lipinski definition) is 3. The molecule has 1 aromatic heterocycles. The van der Waals surface area contributed by atoms with E-state index in [1.807, 2.05) is 13.8 Å². The lowest BCUT2D eigenvalue weighted by molar-refractivity contribution is -0.127. The van der Waals surface area contributed by atoms with Crippen molar-refractivity contribution in [2.75, 3.05) is 6.54 Å². The molecule has 2 heterocycles. The van der Waals surface area contributed by atoms with Crippen molar-refractivity contribution in [1.82, 2.24) is 10.2 Å². The quantitative estimate of drug-likeness (QED) is 0.906. The van der Waals surface area contributed by atoms with E-state index in [0.717, 1.165) is 43.4 Å². The van der Waals surface area contributed by atoms with Gasteiger partial charge >= 0.3 is 0 Å². The van der Waals surface area contributed by atoms with E-state index < -0.39 is 0 Å². The minimum atomic E-state index is -0.149. The summed E-state index contributed by atoms with van der Waals surface area (Å²) >= 11 is 0. The zero-order chi connectivity index (χ0) is 15.0. The standard InChI is InChI=1S/C16H22N2O3/c1-3-13-10(2)8-14(21-13)16(20)18-9-15(19)17-11-6-4-5-7-12(11)18/h8,11-12H,3-7,9H2,1-2H3,(H,17,19)/t11-,12+/m0/s1. The van der Waals surface area contributed by atoms with E-state index in [1.165, 1.54) is 0 Å². The Labute approximate surface area is 124 Å². The summed E-state index contributed by atoms with van der Waals surface area (Å²) in [7, 11) is 0. The SMILES string of the molecule is CCc1oc(C(=O)N2CC(=O)N[C@H]3CCCC[C@H]32)cc1C. The second-order valence-corrected chi connectivity index (χ2v) is 6.03. The third-order valence-electron chi connectivity index (χ3n) is 4.60. The van der Waals surface area contributed by atoms with Crippen LogP contribution in [0.2, 0.25) is 0 Å². The molecule has 2 amide bonds. The van der Waals surface area contributed by atoms with E-state index in [9.17, 15) is 9.59 Å². The van der Waals surface area contributed by atoms with Crippen molar-refractivity contribution in [2.24, 2.45) is 0 Å². The highest BCUT2D eigenvalue weighted by atomic mass is 16.4. The second-order valence-electron chi connectivity index (χ2n) is 6.03. The third-order valence-corrected chi connectivity index (χ3v) is 4.60. The number of piperazine rings is 1. The Hall–Kier alpha value is -1.78. The molecule has 5 nitrogen and oxygen atoms in total. The van der Waals surface area contributed by atoms with Crippen molar-refractivity contribution < 1.29 is 14.0 Å². The van der Waals surface area contributed by atoms with Gasteiger partial charge in [0.05, 0.1) is 6.04 Å². The largest absolute Gasteiger partial charge is 0.456 e. The van der Waals surface area contributed by atoms with Crippen LogP contribution in [0.1, 0.15) is 54.5 Å². The molecule has 0 radical (unpaired) electrons. The third kappa shape index (κ3) is 2.57. The molecule has 5 heteroatoms. The molecular formula is C16H22N2O3. The van der Waals surface area contributed by atoms with E-state index in [2.05, 4.69) is 5.32 Å². The maximum absolute atomic E-state index is 12.7. The smallest absolute Gasteiger partial charge is 0.290 e. The summed E-state index contributed by atoms with van der Waals surface area (Å²) in [5, 5.41) is 3.02. The van der Waals surface area contributed by atoms with Gasteiger partial charge in [-0.15, -0.1) is 0 Å². The maximum Gasteiger partial charge on any atom is 0.290 e. The molecule has 114 valence electrons. The number of amides is 2. The first-order valence-corrected chi connectivity index (χ1v) is 7.79. The average molecular weight is 290 g/mol. The van der Waals surface area contributed by atoms with Gasteiger partial charge in [-0.3, -0.25) is 9.59 Å². The molecule has 1 saturated carbocycles. The first-order chi connectivity index (χ1) is 10.1. The summed E-state index contributed by atoms with van der Waals surface area (Å²) in [6, 6.07) is 2.01. The van der Waals surface area contributed by atoms with Gasteiger partial charge in [-0.05, 0) is 31.4 Å². The Morgan fingerprint density at radius 2 is 2.19 bits per heavy atom. The molecule has 1 aromatic rings. The lowest BCUT2D eigenvalue weighted by atomic mass is 9.87. The molecule has 21 heavy (non-hydrogen) atoms. The Bertz CT molecular complexity index is 564. The van der Waals surface area contributed by atoms with Crippen LogP contribution < -0.4 is 5.32 Å². The fraction of sp³-hybridized carbons (Fsp3) is 0.625. The molecule has 2 fully saturated rings. The molecule has 3 rings (SSSR count). The van der Waals surface area contributed by atoms with E-state index in [0.29, 0.717) is 5.76 Å². The summed E-state index contributed by atoms with van der Waals surface area (Å²) < 4.78 is 5.67. The first-order valence-electron chi connectivity index (χ1n) is 7.79. The molecule has 0 bridgehead atoms. The van der Waals surface area contributed by atoms with Gasteiger partial charge in [-0.1, -0.05) is 19.8 Å². The molecule has 1 aliphatic heterocycles. The summed E-state index contributed by atoms with van der Waals surface area (Å²) in [5.41, 5.74) is 1.00. The average Bonchev–Trinajstić information content (AvgIpc) is 2.86. The van der Waals surface area contributed by atoms with Crippen LogP contribution in [0.15, 0.2) is 10.5 Å². The summed E-state index contributed by atoms with van der Waals surface area (Å²) in [6.07, 6.45) is 4.90. The number of hydrogen-bond donors (Lipinski definition) is 1. The van der Waals surface area contributed by atoms with Crippen LogP contribution in [0.25, 0.3) is 0 Å². The van der Waals surface area contributed by atoms with Crippen LogP contribution in [0, 0.1) is 6.92 Å².